The van der Waals surface area contributed by atoms with Crippen molar-refractivity contribution in [1.29, 1.82) is 0 Å². The van der Waals surface area contributed by atoms with Gasteiger partial charge in [0.15, 0.2) is 0 Å². The number of halogens is 3. The molecule has 0 N–H and O–H groups in total. The fourth-order valence-corrected chi connectivity index (χ4v) is 0.911. The van der Waals surface area contributed by atoms with Crippen LogP contribution >= 0.6 is 31.9 Å². The van der Waals surface area contributed by atoms with Gasteiger partial charge in [0.25, 0.3) is 0 Å². The van der Waals surface area contributed by atoms with Crippen LogP contribution in [0.3, 0.4) is 0 Å². The van der Waals surface area contributed by atoms with E-state index in [-0.39, 0.29) is 5.82 Å². The van der Waals surface area contributed by atoms with E-state index in [4.69, 9.17) is 0 Å². The molecule has 0 aromatic carbocycles. The lowest BCUT2D eigenvalue weighted by Crippen LogP contribution is -1.79. The minimum atomic E-state index is -0.308. The van der Waals surface area contributed by atoms with Gasteiger partial charge < -0.3 is 0 Å². The maximum atomic E-state index is 12.5. The molecular weight excluding hydrogens is 253 g/mol. The van der Waals surface area contributed by atoms with Crippen molar-refractivity contribution in [2.75, 3.05) is 0 Å². The Morgan fingerprint density at radius 1 is 1.44 bits per heavy atom. The fraction of sp³-hybridized carbons (Fsp3) is 0. The molecule has 0 saturated carbocycles. The summed E-state index contributed by atoms with van der Waals surface area (Å²) in [5.74, 6) is -0.308. The lowest BCUT2D eigenvalue weighted by atomic mass is 10.5. The van der Waals surface area contributed by atoms with Crippen LogP contribution in [0.2, 0.25) is 0 Å². The maximum Gasteiger partial charge on any atom is 0.141 e. The molecule has 9 heavy (non-hydrogen) atoms. The molecular formula is C5H2Br2FN. The van der Waals surface area contributed by atoms with Crippen molar-refractivity contribution < 1.29 is 4.39 Å². The molecule has 0 bridgehead atoms. The summed E-state index contributed by atoms with van der Waals surface area (Å²) in [7, 11) is 0. The van der Waals surface area contributed by atoms with Gasteiger partial charge in [-0.25, -0.2) is 9.37 Å². The van der Waals surface area contributed by atoms with E-state index in [1.54, 1.807) is 0 Å². The van der Waals surface area contributed by atoms with Crippen LogP contribution in [-0.4, -0.2) is 4.98 Å². The largest absolute Gasteiger partial charge is 0.248 e. The van der Waals surface area contributed by atoms with E-state index in [0.29, 0.717) is 9.08 Å². The second-order valence-electron chi connectivity index (χ2n) is 1.42. The zero-order chi connectivity index (χ0) is 6.85. The summed E-state index contributed by atoms with van der Waals surface area (Å²) >= 11 is 6.00. The first-order chi connectivity index (χ1) is 4.20. The van der Waals surface area contributed by atoms with E-state index in [1.165, 1.54) is 12.3 Å². The van der Waals surface area contributed by atoms with E-state index in [9.17, 15) is 4.39 Å². The molecule has 0 radical (unpaired) electrons. The van der Waals surface area contributed by atoms with Crippen molar-refractivity contribution in [3.05, 3.63) is 27.2 Å². The van der Waals surface area contributed by atoms with Gasteiger partial charge in [-0.1, -0.05) is 0 Å². The number of nitrogens with zero attached hydrogens (tertiary/aromatic N) is 1. The Hall–Kier alpha value is 0.0400. The molecule has 0 amide bonds. The van der Waals surface area contributed by atoms with E-state index >= 15 is 0 Å². The average molecular weight is 255 g/mol. The first-order valence-corrected chi connectivity index (χ1v) is 3.75. The molecule has 0 fully saturated rings. The van der Waals surface area contributed by atoms with E-state index in [2.05, 4.69) is 36.8 Å². The molecule has 1 aromatic heterocycles. The second-order valence-corrected chi connectivity index (χ2v) is 3.09. The Labute approximate surface area is 68.6 Å². The Kier molecular flexibility index (Phi) is 2.18. The number of rotatable bonds is 0. The van der Waals surface area contributed by atoms with Crippen LogP contribution in [0.4, 0.5) is 4.39 Å². The molecule has 0 aliphatic rings. The zero-order valence-electron chi connectivity index (χ0n) is 4.24. The summed E-state index contributed by atoms with van der Waals surface area (Å²) < 4.78 is 13.3. The smallest absolute Gasteiger partial charge is 0.141 e. The van der Waals surface area contributed by atoms with Gasteiger partial charge in [-0.3, -0.25) is 0 Å². The first kappa shape index (κ1) is 7.15. The van der Waals surface area contributed by atoms with E-state index < -0.39 is 0 Å². The number of pyridine rings is 1. The van der Waals surface area contributed by atoms with Crippen molar-refractivity contribution in [2.24, 2.45) is 0 Å². The second kappa shape index (κ2) is 2.75. The van der Waals surface area contributed by atoms with Gasteiger partial charge in [0.05, 0.1) is 4.47 Å². The van der Waals surface area contributed by atoms with Gasteiger partial charge in [0.1, 0.15) is 10.4 Å². The molecule has 48 valence electrons. The van der Waals surface area contributed by atoms with Crippen LogP contribution in [0, 0.1) is 5.82 Å². The Morgan fingerprint density at radius 2 is 2.11 bits per heavy atom. The van der Waals surface area contributed by atoms with Crippen molar-refractivity contribution >= 4 is 31.9 Å². The summed E-state index contributed by atoms with van der Waals surface area (Å²) in [5, 5.41) is 0. The monoisotopic (exact) mass is 253 g/mol. The van der Waals surface area contributed by atoms with Crippen molar-refractivity contribution in [3.8, 4) is 0 Å². The zero-order valence-corrected chi connectivity index (χ0v) is 7.41. The van der Waals surface area contributed by atoms with Crippen molar-refractivity contribution in [2.45, 2.75) is 0 Å². The molecule has 0 unspecified atom stereocenters. The van der Waals surface area contributed by atoms with Crippen LogP contribution in [0.5, 0.6) is 0 Å². The van der Waals surface area contributed by atoms with Gasteiger partial charge in [-0.15, -0.1) is 0 Å². The summed E-state index contributed by atoms with van der Waals surface area (Å²) in [4.78, 5) is 3.77. The minimum absolute atomic E-state index is 0.308. The van der Waals surface area contributed by atoms with Gasteiger partial charge in [0, 0.05) is 12.3 Å². The van der Waals surface area contributed by atoms with Gasteiger partial charge in [-0.2, -0.15) is 0 Å². The quantitative estimate of drug-likeness (QED) is 0.649. The number of hydrogen-bond acceptors (Lipinski definition) is 1. The Morgan fingerprint density at radius 3 is 2.56 bits per heavy atom. The predicted molar refractivity (Wildman–Crippen MR) is 39.6 cm³/mol. The standard InChI is InChI=1S/C5H2Br2FN/c6-3-2-9-5(7)1-4(3)8/h1-2H. The molecule has 1 heterocycles. The number of hydrogen-bond donors (Lipinski definition) is 0. The molecule has 1 aromatic rings. The summed E-state index contributed by atoms with van der Waals surface area (Å²) in [6.45, 7) is 0. The molecule has 1 rings (SSSR count). The fourth-order valence-electron chi connectivity index (χ4n) is 0.391. The van der Waals surface area contributed by atoms with E-state index in [1.807, 2.05) is 0 Å². The normalized spacial score (nSPS) is 9.67. The highest BCUT2D eigenvalue weighted by Crippen LogP contribution is 2.16. The van der Waals surface area contributed by atoms with Crippen molar-refractivity contribution in [1.82, 2.24) is 4.98 Å². The van der Waals surface area contributed by atoms with Crippen LogP contribution in [-0.2, 0) is 0 Å². The third-order valence-corrected chi connectivity index (χ3v) is 1.79. The number of aromatic nitrogens is 1. The molecule has 4 heteroatoms. The lowest BCUT2D eigenvalue weighted by Gasteiger charge is -1.91. The van der Waals surface area contributed by atoms with Crippen LogP contribution in [0.1, 0.15) is 0 Å². The highest BCUT2D eigenvalue weighted by atomic mass is 79.9. The lowest BCUT2D eigenvalue weighted by molar-refractivity contribution is 0.617. The van der Waals surface area contributed by atoms with Gasteiger partial charge in [0.2, 0.25) is 0 Å². The predicted octanol–water partition coefficient (Wildman–Crippen LogP) is 2.75. The third-order valence-electron chi connectivity index (χ3n) is 0.775. The van der Waals surface area contributed by atoms with Gasteiger partial charge >= 0.3 is 0 Å². The first-order valence-electron chi connectivity index (χ1n) is 2.16. The van der Waals surface area contributed by atoms with Gasteiger partial charge in [-0.05, 0) is 31.9 Å². The summed E-state index contributed by atoms with van der Waals surface area (Å²) in [6.07, 6.45) is 1.40. The SMILES string of the molecule is Fc1cc(Br)ncc1Br. The topological polar surface area (TPSA) is 12.9 Å². The highest BCUT2D eigenvalue weighted by molar-refractivity contribution is 9.11. The Bertz CT molecular complexity index is 226. The minimum Gasteiger partial charge on any atom is -0.248 e. The highest BCUT2D eigenvalue weighted by Gasteiger charge is 1.97. The molecule has 0 aliphatic carbocycles. The average Bonchev–Trinajstić information content (AvgIpc) is 1.80. The van der Waals surface area contributed by atoms with Crippen LogP contribution < -0.4 is 0 Å². The third kappa shape index (κ3) is 1.72. The van der Waals surface area contributed by atoms with Crippen molar-refractivity contribution in [3.63, 3.8) is 0 Å². The molecule has 0 atom stereocenters. The van der Waals surface area contributed by atoms with E-state index in [0.717, 1.165) is 0 Å². The summed E-state index contributed by atoms with van der Waals surface area (Å²) in [6, 6.07) is 1.30. The summed E-state index contributed by atoms with van der Waals surface area (Å²) in [5.41, 5.74) is 0. The van der Waals surface area contributed by atoms with Crippen LogP contribution in [0.15, 0.2) is 21.3 Å². The van der Waals surface area contributed by atoms with Crippen LogP contribution in [0.25, 0.3) is 0 Å². The molecule has 0 spiro atoms. The molecule has 1 nitrogen and oxygen atoms in total. The Balaban J connectivity index is 3.17. The molecule has 0 saturated heterocycles. The maximum absolute atomic E-state index is 12.5. The molecule has 0 aliphatic heterocycles.